The fourth-order valence-corrected chi connectivity index (χ4v) is 2.35. The second-order valence-corrected chi connectivity index (χ2v) is 5.21. The lowest BCUT2D eigenvalue weighted by Crippen LogP contribution is -2.20. The maximum Gasteiger partial charge on any atom is 0.307 e. The molecular formula is C17H16O6. The Kier molecular flexibility index (Phi) is 4.85. The minimum absolute atomic E-state index is 0.154. The molecule has 120 valence electrons. The molecule has 2 aromatic carbocycles. The van der Waals surface area contributed by atoms with Gasteiger partial charge in [0.05, 0.1) is 5.92 Å². The Hall–Kier alpha value is -3.02. The summed E-state index contributed by atoms with van der Waals surface area (Å²) < 4.78 is 0. The van der Waals surface area contributed by atoms with Gasteiger partial charge in [-0.2, -0.15) is 0 Å². The van der Waals surface area contributed by atoms with Crippen molar-refractivity contribution in [3.05, 3.63) is 53.6 Å². The molecule has 0 saturated carbocycles. The first-order valence-electron chi connectivity index (χ1n) is 6.93. The van der Waals surface area contributed by atoms with Gasteiger partial charge in [0.1, 0.15) is 22.8 Å². The van der Waals surface area contributed by atoms with E-state index in [1.54, 1.807) is 30.3 Å². The highest BCUT2D eigenvalue weighted by atomic mass is 16.4. The van der Waals surface area contributed by atoms with E-state index in [0.717, 1.165) is 17.7 Å². The smallest absolute Gasteiger partial charge is 0.307 e. The molecule has 6 heteroatoms. The van der Waals surface area contributed by atoms with Gasteiger partial charge in [-0.05, 0) is 12.0 Å². The Bertz CT molecular complexity index is 700. The molecule has 1 atom stereocenters. The normalized spacial score (nSPS) is 11.8. The van der Waals surface area contributed by atoms with Crippen LogP contribution >= 0.6 is 0 Å². The molecule has 0 radical (unpaired) electrons. The molecule has 0 saturated heterocycles. The predicted molar refractivity (Wildman–Crippen MR) is 81.7 cm³/mol. The largest absolute Gasteiger partial charge is 0.508 e. The van der Waals surface area contributed by atoms with Gasteiger partial charge in [-0.3, -0.25) is 9.59 Å². The lowest BCUT2D eigenvalue weighted by atomic mass is 9.91. The zero-order valence-corrected chi connectivity index (χ0v) is 12.1. The molecule has 6 nitrogen and oxygen atoms in total. The maximum absolute atomic E-state index is 12.2. The number of aliphatic carboxylic acids is 1. The van der Waals surface area contributed by atoms with Crippen LogP contribution in [-0.2, 0) is 11.2 Å². The molecule has 0 heterocycles. The third-order valence-corrected chi connectivity index (χ3v) is 3.47. The highest BCUT2D eigenvalue weighted by Crippen LogP contribution is 2.33. The van der Waals surface area contributed by atoms with Gasteiger partial charge < -0.3 is 20.4 Å². The lowest BCUT2D eigenvalue weighted by Gasteiger charge is -2.13. The zero-order chi connectivity index (χ0) is 17.0. The van der Waals surface area contributed by atoms with E-state index in [9.17, 15) is 30.0 Å². The van der Waals surface area contributed by atoms with Crippen molar-refractivity contribution in [1.82, 2.24) is 0 Å². The van der Waals surface area contributed by atoms with Crippen LogP contribution in [0.4, 0.5) is 0 Å². The van der Waals surface area contributed by atoms with Crippen LogP contribution in [0.3, 0.4) is 0 Å². The number of carboxylic acid groups (broad SMARTS) is 1. The van der Waals surface area contributed by atoms with E-state index in [2.05, 4.69) is 0 Å². The summed E-state index contributed by atoms with van der Waals surface area (Å²) in [6, 6.07) is 10.7. The van der Waals surface area contributed by atoms with E-state index in [4.69, 9.17) is 0 Å². The monoisotopic (exact) mass is 316 g/mol. The average Bonchev–Trinajstić information content (AvgIpc) is 2.46. The van der Waals surface area contributed by atoms with Crippen molar-refractivity contribution in [2.75, 3.05) is 0 Å². The number of Topliss-reactive ketones (excluding diaryl/α,β-unsaturated/α-hetero) is 1. The summed E-state index contributed by atoms with van der Waals surface area (Å²) >= 11 is 0. The maximum atomic E-state index is 12.2. The van der Waals surface area contributed by atoms with Crippen molar-refractivity contribution in [1.29, 1.82) is 0 Å². The van der Waals surface area contributed by atoms with Crippen LogP contribution in [0.1, 0.15) is 22.3 Å². The van der Waals surface area contributed by atoms with E-state index in [0.29, 0.717) is 0 Å². The van der Waals surface area contributed by atoms with Crippen LogP contribution in [0, 0.1) is 5.92 Å². The van der Waals surface area contributed by atoms with E-state index < -0.39 is 34.9 Å². The Morgan fingerprint density at radius 2 is 1.52 bits per heavy atom. The molecule has 0 aliphatic rings. The van der Waals surface area contributed by atoms with E-state index in [1.165, 1.54) is 0 Å². The summed E-state index contributed by atoms with van der Waals surface area (Å²) in [6.45, 7) is 0. The van der Waals surface area contributed by atoms with Crippen LogP contribution in [0.5, 0.6) is 17.2 Å². The molecule has 4 N–H and O–H groups in total. The van der Waals surface area contributed by atoms with Crippen LogP contribution in [0.25, 0.3) is 0 Å². The molecule has 0 aliphatic carbocycles. The Labute approximate surface area is 132 Å². The predicted octanol–water partition coefficient (Wildman–Crippen LogP) is 2.32. The first-order valence-corrected chi connectivity index (χ1v) is 6.93. The van der Waals surface area contributed by atoms with Gasteiger partial charge >= 0.3 is 5.97 Å². The van der Waals surface area contributed by atoms with Crippen LogP contribution in [0.15, 0.2) is 42.5 Å². The number of phenols is 3. The van der Waals surface area contributed by atoms with Crippen molar-refractivity contribution in [3.8, 4) is 17.2 Å². The molecule has 0 unspecified atom stereocenters. The molecule has 0 aliphatic heterocycles. The Morgan fingerprint density at radius 3 is 2.04 bits per heavy atom. The van der Waals surface area contributed by atoms with Gasteiger partial charge in [-0.15, -0.1) is 0 Å². The summed E-state index contributed by atoms with van der Waals surface area (Å²) in [4.78, 5) is 23.6. The molecule has 0 amide bonds. The van der Waals surface area contributed by atoms with Crippen LogP contribution in [0.2, 0.25) is 0 Å². The average molecular weight is 316 g/mol. The summed E-state index contributed by atoms with van der Waals surface area (Å²) in [6.07, 6.45) is -0.225. The summed E-state index contributed by atoms with van der Waals surface area (Å²) in [5.74, 6) is -4.40. The molecular weight excluding hydrogens is 300 g/mol. The zero-order valence-electron chi connectivity index (χ0n) is 12.1. The minimum atomic E-state index is -1.14. The number of benzene rings is 2. The fraction of sp³-hybridized carbons (Fsp3) is 0.176. The van der Waals surface area contributed by atoms with Gasteiger partial charge in [0, 0.05) is 18.6 Å². The number of ketones is 1. The number of rotatable bonds is 6. The van der Waals surface area contributed by atoms with Crippen molar-refractivity contribution < 1.29 is 30.0 Å². The molecule has 0 bridgehead atoms. The van der Waals surface area contributed by atoms with Crippen molar-refractivity contribution in [2.24, 2.45) is 5.92 Å². The van der Waals surface area contributed by atoms with Gasteiger partial charge in [0.15, 0.2) is 5.78 Å². The highest BCUT2D eigenvalue weighted by Gasteiger charge is 2.26. The second kappa shape index (κ2) is 6.83. The molecule has 2 rings (SSSR count). The second-order valence-electron chi connectivity index (χ2n) is 5.21. The first kappa shape index (κ1) is 16.4. The van der Waals surface area contributed by atoms with Crippen molar-refractivity contribution in [2.45, 2.75) is 12.8 Å². The number of carboxylic acids is 1. The number of phenolic OH excluding ortho intramolecular Hbond substituents is 3. The fourth-order valence-electron chi connectivity index (χ4n) is 2.35. The van der Waals surface area contributed by atoms with Gasteiger partial charge in [-0.25, -0.2) is 0 Å². The van der Waals surface area contributed by atoms with Gasteiger partial charge in [-0.1, -0.05) is 30.3 Å². The summed E-state index contributed by atoms with van der Waals surface area (Å²) in [7, 11) is 0. The number of carbonyl (C=O) groups is 2. The minimum Gasteiger partial charge on any atom is -0.508 e. The standard InChI is InChI=1S/C17H16O6/c18-12-8-14(20)16(15(21)9-12)13(19)7-11(17(22)23)6-10-4-2-1-3-5-10/h1-5,8-9,11,18,20-21H,6-7H2,(H,22,23)/t11-/m1/s1. The molecule has 23 heavy (non-hydrogen) atoms. The highest BCUT2D eigenvalue weighted by molar-refractivity contribution is 6.02. The van der Waals surface area contributed by atoms with Gasteiger partial charge in [0.2, 0.25) is 0 Å². The van der Waals surface area contributed by atoms with Crippen LogP contribution in [-0.4, -0.2) is 32.2 Å². The first-order chi connectivity index (χ1) is 10.9. The number of carbonyl (C=O) groups excluding carboxylic acids is 1. The number of hydrogen-bond acceptors (Lipinski definition) is 5. The molecule has 0 aromatic heterocycles. The molecule has 0 fully saturated rings. The van der Waals surface area contributed by atoms with E-state index >= 15 is 0 Å². The van der Waals surface area contributed by atoms with Crippen molar-refractivity contribution >= 4 is 11.8 Å². The quantitative estimate of drug-likeness (QED) is 0.608. The van der Waals surface area contributed by atoms with Crippen molar-refractivity contribution in [3.63, 3.8) is 0 Å². The third kappa shape index (κ3) is 4.00. The third-order valence-electron chi connectivity index (χ3n) is 3.47. The van der Waals surface area contributed by atoms with E-state index in [-0.39, 0.29) is 18.4 Å². The Balaban J connectivity index is 2.21. The summed E-state index contributed by atoms with van der Waals surface area (Å²) in [5, 5.41) is 37.9. The topological polar surface area (TPSA) is 115 Å². The SMILES string of the molecule is O=C(C[C@@H](Cc1ccccc1)C(=O)O)c1c(O)cc(O)cc1O. The summed E-state index contributed by atoms with van der Waals surface area (Å²) in [5.41, 5.74) is 0.383. The van der Waals surface area contributed by atoms with Crippen LogP contribution < -0.4 is 0 Å². The number of hydrogen-bond donors (Lipinski definition) is 4. The van der Waals surface area contributed by atoms with Gasteiger partial charge in [0.25, 0.3) is 0 Å². The number of aromatic hydroxyl groups is 3. The molecule has 2 aromatic rings. The molecule has 0 spiro atoms. The lowest BCUT2D eigenvalue weighted by molar-refractivity contribution is -0.141. The Morgan fingerprint density at radius 1 is 0.957 bits per heavy atom. The van der Waals surface area contributed by atoms with E-state index in [1.807, 2.05) is 0 Å².